The van der Waals surface area contributed by atoms with Crippen LogP contribution in [0.25, 0.3) is 28.0 Å². The van der Waals surface area contributed by atoms with Gasteiger partial charge in [-0.2, -0.15) is 0 Å². The monoisotopic (exact) mass is 606 g/mol. The second-order valence-electron chi connectivity index (χ2n) is 12.7. The van der Waals surface area contributed by atoms with E-state index in [9.17, 15) is 4.79 Å². The van der Waals surface area contributed by atoms with Gasteiger partial charge in [-0.1, -0.05) is 32.9 Å². The fourth-order valence-electron chi connectivity index (χ4n) is 5.77. The molecule has 9 heteroatoms. The summed E-state index contributed by atoms with van der Waals surface area (Å²) in [4.78, 5) is 28.7. The van der Waals surface area contributed by atoms with Gasteiger partial charge in [0.15, 0.2) is 0 Å². The number of aromatic nitrogens is 4. The summed E-state index contributed by atoms with van der Waals surface area (Å²) < 4.78 is 22.7. The van der Waals surface area contributed by atoms with Crippen LogP contribution >= 0.6 is 0 Å². The molecule has 0 bridgehead atoms. The van der Waals surface area contributed by atoms with E-state index in [2.05, 4.69) is 58.9 Å². The second kappa shape index (κ2) is 12.9. The van der Waals surface area contributed by atoms with Crippen molar-refractivity contribution in [3.63, 3.8) is 0 Å². The highest BCUT2D eigenvalue weighted by molar-refractivity contribution is 5.91. The van der Waals surface area contributed by atoms with Gasteiger partial charge in [0.25, 0.3) is 0 Å². The number of carbonyl (C=O) groups excluding carboxylic acids is 1. The van der Waals surface area contributed by atoms with Crippen molar-refractivity contribution in [2.75, 3.05) is 31.6 Å². The van der Waals surface area contributed by atoms with Crippen LogP contribution in [0.15, 0.2) is 79.4 Å². The van der Waals surface area contributed by atoms with Crippen molar-refractivity contribution in [1.82, 2.24) is 24.3 Å². The summed E-state index contributed by atoms with van der Waals surface area (Å²) >= 11 is 0. The lowest BCUT2D eigenvalue weighted by atomic mass is 9.88. The Morgan fingerprint density at radius 1 is 0.956 bits per heavy atom. The molecule has 0 saturated carbocycles. The molecule has 232 valence electrons. The number of carbonyl (C=O) groups is 1. The summed E-state index contributed by atoms with van der Waals surface area (Å²) in [5, 5.41) is 2.80. The Balaban J connectivity index is 1.15. The number of fused-ring (bicyclic) bond motifs is 1. The van der Waals surface area contributed by atoms with E-state index in [1.54, 1.807) is 18.5 Å². The molecule has 1 N–H and O–H groups in total. The number of amides is 1. The van der Waals surface area contributed by atoms with E-state index in [1.807, 2.05) is 53.2 Å². The van der Waals surface area contributed by atoms with Crippen LogP contribution in [0.1, 0.15) is 44.5 Å². The van der Waals surface area contributed by atoms with Crippen LogP contribution in [0, 0.1) is 5.82 Å². The van der Waals surface area contributed by atoms with Crippen molar-refractivity contribution in [3.05, 3.63) is 102 Å². The first-order valence-corrected chi connectivity index (χ1v) is 15.4. The molecule has 6 rings (SSSR count). The van der Waals surface area contributed by atoms with Gasteiger partial charge in [-0.25, -0.2) is 14.4 Å². The van der Waals surface area contributed by atoms with Crippen molar-refractivity contribution in [2.24, 2.45) is 0 Å². The van der Waals surface area contributed by atoms with Gasteiger partial charge < -0.3 is 10.1 Å². The molecule has 45 heavy (non-hydrogen) atoms. The van der Waals surface area contributed by atoms with E-state index in [0.29, 0.717) is 23.0 Å². The SMILES string of the molecule is C[C@@H](Cc1cc(-c2ccn3c(-c4ccc(CC(=O)Nc5cc(C(C)(C)C)ccn5)c(F)c4)cnc3c2)ccn1)N1CCOCC1. The lowest BCUT2D eigenvalue weighted by molar-refractivity contribution is -0.115. The smallest absolute Gasteiger partial charge is 0.230 e. The Morgan fingerprint density at radius 3 is 2.51 bits per heavy atom. The highest BCUT2D eigenvalue weighted by Gasteiger charge is 2.19. The third kappa shape index (κ3) is 7.10. The number of halogens is 1. The van der Waals surface area contributed by atoms with Crippen LogP contribution in [-0.2, 0) is 27.8 Å². The molecule has 5 aromatic rings. The summed E-state index contributed by atoms with van der Waals surface area (Å²) in [6.45, 7) is 12.0. The number of pyridine rings is 3. The van der Waals surface area contributed by atoms with Crippen molar-refractivity contribution in [1.29, 1.82) is 0 Å². The molecule has 1 atom stereocenters. The minimum atomic E-state index is -0.443. The summed E-state index contributed by atoms with van der Waals surface area (Å²) in [5.41, 5.74) is 6.68. The van der Waals surface area contributed by atoms with Gasteiger partial charge in [0.2, 0.25) is 5.91 Å². The largest absolute Gasteiger partial charge is 0.379 e. The summed E-state index contributed by atoms with van der Waals surface area (Å²) in [7, 11) is 0. The van der Waals surface area contributed by atoms with E-state index < -0.39 is 5.82 Å². The average Bonchev–Trinajstić information content (AvgIpc) is 3.46. The number of imidazole rings is 1. The number of ether oxygens (including phenoxy) is 1. The normalized spacial score (nSPS) is 14.9. The quantitative estimate of drug-likeness (QED) is 0.222. The molecule has 1 aliphatic heterocycles. The maximum atomic E-state index is 15.3. The molecule has 5 heterocycles. The van der Waals surface area contributed by atoms with Crippen molar-refractivity contribution < 1.29 is 13.9 Å². The molecular formula is C36H39FN6O2. The highest BCUT2D eigenvalue weighted by atomic mass is 19.1. The number of benzene rings is 1. The average molecular weight is 607 g/mol. The zero-order valence-corrected chi connectivity index (χ0v) is 26.3. The summed E-state index contributed by atoms with van der Waals surface area (Å²) in [6.07, 6.45) is 8.02. The number of morpholine rings is 1. The van der Waals surface area contributed by atoms with Crippen molar-refractivity contribution in [2.45, 2.75) is 52.0 Å². The van der Waals surface area contributed by atoms with E-state index in [4.69, 9.17) is 4.74 Å². The Labute approximate surface area is 263 Å². The third-order valence-corrected chi connectivity index (χ3v) is 8.43. The third-order valence-electron chi connectivity index (χ3n) is 8.43. The molecule has 4 aromatic heterocycles. The van der Waals surface area contributed by atoms with Crippen LogP contribution in [0.5, 0.6) is 0 Å². The molecule has 8 nitrogen and oxygen atoms in total. The molecular weight excluding hydrogens is 567 g/mol. The molecule has 0 aliphatic carbocycles. The zero-order chi connectivity index (χ0) is 31.6. The van der Waals surface area contributed by atoms with Crippen LogP contribution in [-0.4, -0.2) is 62.5 Å². The maximum absolute atomic E-state index is 15.3. The van der Waals surface area contributed by atoms with Crippen LogP contribution in [0.2, 0.25) is 0 Å². The van der Waals surface area contributed by atoms with Crippen molar-refractivity contribution in [3.8, 4) is 22.4 Å². The number of anilines is 1. The van der Waals surface area contributed by atoms with Gasteiger partial charge >= 0.3 is 0 Å². The van der Waals surface area contributed by atoms with Gasteiger partial charge in [0, 0.05) is 55.4 Å². The Kier molecular flexibility index (Phi) is 8.74. The number of hydrogen-bond acceptors (Lipinski definition) is 6. The molecule has 1 aromatic carbocycles. The zero-order valence-electron chi connectivity index (χ0n) is 26.3. The van der Waals surface area contributed by atoms with Gasteiger partial charge in [-0.05, 0) is 77.1 Å². The predicted octanol–water partition coefficient (Wildman–Crippen LogP) is 6.34. The molecule has 1 aliphatic rings. The van der Waals surface area contributed by atoms with Crippen molar-refractivity contribution >= 4 is 17.4 Å². The second-order valence-corrected chi connectivity index (χ2v) is 12.7. The predicted molar refractivity (Wildman–Crippen MR) is 175 cm³/mol. The highest BCUT2D eigenvalue weighted by Crippen LogP contribution is 2.28. The first-order chi connectivity index (χ1) is 21.6. The molecule has 0 unspecified atom stereocenters. The van der Waals surface area contributed by atoms with Gasteiger partial charge in [0.1, 0.15) is 17.3 Å². The lowest BCUT2D eigenvalue weighted by Crippen LogP contribution is -2.43. The standard InChI is InChI=1S/C36H39FN6O2/c1-24(42-13-15-45-16-14-42)17-30-18-25(7-10-38-30)26-9-12-43-32(23-40-34(43)20-26)28-6-5-27(31(37)19-28)21-35(44)41-33-22-29(8-11-39-33)36(2,3)4/h5-12,18-20,22-24H,13-17,21H2,1-4H3,(H,39,41,44)/t24-/m0/s1. The number of hydrogen-bond donors (Lipinski definition) is 1. The van der Waals surface area contributed by atoms with Gasteiger partial charge in [-0.3, -0.25) is 19.1 Å². The number of rotatable bonds is 8. The number of nitrogens with one attached hydrogen (secondary N) is 1. The minimum Gasteiger partial charge on any atom is -0.379 e. The van der Waals surface area contributed by atoms with E-state index in [1.165, 1.54) is 6.07 Å². The Morgan fingerprint density at radius 2 is 1.73 bits per heavy atom. The summed E-state index contributed by atoms with van der Waals surface area (Å²) in [6, 6.07) is 17.4. The van der Waals surface area contributed by atoms with E-state index >= 15 is 4.39 Å². The maximum Gasteiger partial charge on any atom is 0.230 e. The molecule has 1 fully saturated rings. The van der Waals surface area contributed by atoms with E-state index in [0.717, 1.165) is 66.4 Å². The van der Waals surface area contributed by atoms with E-state index in [-0.39, 0.29) is 17.7 Å². The first-order valence-electron chi connectivity index (χ1n) is 15.4. The van der Waals surface area contributed by atoms with Crippen LogP contribution in [0.4, 0.5) is 10.2 Å². The lowest BCUT2D eigenvalue weighted by Gasteiger charge is -2.32. The molecule has 1 amide bonds. The fourth-order valence-corrected chi connectivity index (χ4v) is 5.77. The number of nitrogens with zero attached hydrogens (tertiary/aromatic N) is 5. The molecule has 0 spiro atoms. The van der Waals surface area contributed by atoms with Gasteiger partial charge in [0.05, 0.1) is 31.5 Å². The van der Waals surface area contributed by atoms with Gasteiger partial charge in [-0.15, -0.1) is 0 Å². The topological polar surface area (TPSA) is 84.7 Å². The first kappa shape index (κ1) is 30.6. The van der Waals surface area contributed by atoms with Crippen LogP contribution in [0.3, 0.4) is 0 Å². The Bertz CT molecular complexity index is 1820. The Hall–Kier alpha value is -4.47. The summed E-state index contributed by atoms with van der Waals surface area (Å²) in [5.74, 6) is -0.307. The molecule has 1 saturated heterocycles. The van der Waals surface area contributed by atoms with Crippen LogP contribution < -0.4 is 5.32 Å². The molecule has 0 radical (unpaired) electrons. The minimum absolute atomic E-state index is 0.0751. The fraction of sp³-hybridized carbons (Fsp3) is 0.333.